The monoisotopic (exact) mass is 281 g/mol. The van der Waals surface area contributed by atoms with Crippen LogP contribution >= 0.6 is 0 Å². The summed E-state index contributed by atoms with van der Waals surface area (Å²) >= 11 is 0. The Kier molecular flexibility index (Phi) is 4.69. The summed E-state index contributed by atoms with van der Waals surface area (Å²) in [5, 5.41) is 13.3. The maximum absolute atomic E-state index is 9.67. The lowest BCUT2D eigenvalue weighted by atomic mass is 9.89. The van der Waals surface area contributed by atoms with Gasteiger partial charge >= 0.3 is 0 Å². The minimum Gasteiger partial charge on any atom is -0.396 e. The zero-order valence-corrected chi connectivity index (χ0v) is 12.3. The molecule has 21 heavy (non-hydrogen) atoms. The fourth-order valence-corrected chi connectivity index (χ4v) is 3.46. The molecule has 0 heterocycles. The molecule has 2 aromatic carbocycles. The van der Waals surface area contributed by atoms with Crippen molar-refractivity contribution in [3.05, 3.63) is 71.8 Å². The lowest BCUT2D eigenvalue weighted by molar-refractivity contribution is 0.215. The molecule has 0 unspecified atom stereocenters. The van der Waals surface area contributed by atoms with E-state index in [4.69, 9.17) is 0 Å². The van der Waals surface area contributed by atoms with E-state index in [0.717, 1.165) is 19.4 Å². The molecule has 0 aromatic heterocycles. The molecule has 0 radical (unpaired) electrons. The molecule has 1 aliphatic carbocycles. The van der Waals surface area contributed by atoms with Gasteiger partial charge in [0.25, 0.3) is 0 Å². The fraction of sp³-hybridized carbons (Fsp3) is 0.368. The number of nitrogens with one attached hydrogen (secondary N) is 1. The Balaban J connectivity index is 1.62. The molecule has 1 fully saturated rings. The smallest absolute Gasteiger partial charge is 0.0465 e. The highest BCUT2D eigenvalue weighted by atomic mass is 16.3. The first-order valence-electron chi connectivity index (χ1n) is 7.80. The maximum atomic E-state index is 9.67. The van der Waals surface area contributed by atoms with Crippen LogP contribution in [0.1, 0.15) is 29.9 Å². The molecule has 0 aliphatic heterocycles. The first kappa shape index (κ1) is 14.3. The van der Waals surface area contributed by atoms with Crippen LogP contribution < -0.4 is 5.32 Å². The van der Waals surface area contributed by atoms with Gasteiger partial charge in [0.15, 0.2) is 0 Å². The van der Waals surface area contributed by atoms with E-state index in [1.54, 1.807) is 0 Å². The summed E-state index contributed by atoms with van der Waals surface area (Å²) in [6.45, 7) is 1.19. The second-order valence-electron chi connectivity index (χ2n) is 5.99. The lowest BCUT2D eigenvalue weighted by Gasteiger charge is -2.17. The van der Waals surface area contributed by atoms with Gasteiger partial charge in [0, 0.05) is 19.2 Å². The van der Waals surface area contributed by atoms with E-state index < -0.39 is 0 Å². The van der Waals surface area contributed by atoms with Crippen LogP contribution in [0.2, 0.25) is 0 Å². The second kappa shape index (κ2) is 6.88. The first-order chi connectivity index (χ1) is 10.4. The Hall–Kier alpha value is -1.64. The van der Waals surface area contributed by atoms with Crippen LogP contribution in [0.3, 0.4) is 0 Å². The van der Waals surface area contributed by atoms with Crippen molar-refractivity contribution in [1.29, 1.82) is 0 Å². The minimum absolute atomic E-state index is 0.281. The first-order valence-corrected chi connectivity index (χ1v) is 7.80. The van der Waals surface area contributed by atoms with Gasteiger partial charge in [-0.25, -0.2) is 0 Å². The van der Waals surface area contributed by atoms with E-state index in [1.807, 2.05) is 6.07 Å². The highest BCUT2D eigenvalue weighted by Crippen LogP contribution is 2.39. The van der Waals surface area contributed by atoms with Crippen molar-refractivity contribution in [2.75, 3.05) is 6.61 Å². The zero-order chi connectivity index (χ0) is 14.5. The summed E-state index contributed by atoms with van der Waals surface area (Å²) in [4.78, 5) is 0. The van der Waals surface area contributed by atoms with Crippen molar-refractivity contribution in [3.63, 3.8) is 0 Å². The van der Waals surface area contributed by atoms with Gasteiger partial charge in [-0.05, 0) is 35.8 Å². The Morgan fingerprint density at radius 1 is 0.905 bits per heavy atom. The second-order valence-corrected chi connectivity index (χ2v) is 5.99. The Bertz CT molecular complexity index is 540. The maximum Gasteiger partial charge on any atom is 0.0465 e. The molecule has 2 N–H and O–H groups in total. The van der Waals surface area contributed by atoms with Crippen LogP contribution in [0, 0.1) is 5.92 Å². The molecule has 2 heteroatoms. The topological polar surface area (TPSA) is 32.3 Å². The predicted octanol–water partition coefficient (Wildman–Crippen LogP) is 3.33. The molecular weight excluding hydrogens is 258 g/mol. The highest BCUT2D eigenvalue weighted by molar-refractivity contribution is 5.22. The van der Waals surface area contributed by atoms with Crippen LogP contribution in [0.5, 0.6) is 0 Å². The molecule has 2 nitrogen and oxygen atoms in total. The van der Waals surface area contributed by atoms with E-state index in [1.165, 1.54) is 11.1 Å². The summed E-state index contributed by atoms with van der Waals surface area (Å²) in [5.74, 6) is 0.852. The van der Waals surface area contributed by atoms with Gasteiger partial charge < -0.3 is 10.4 Å². The van der Waals surface area contributed by atoms with Crippen molar-refractivity contribution in [2.45, 2.75) is 31.3 Å². The van der Waals surface area contributed by atoms with E-state index >= 15 is 0 Å². The van der Waals surface area contributed by atoms with Gasteiger partial charge in [-0.3, -0.25) is 0 Å². The normalized spacial score (nSPS) is 25.1. The minimum atomic E-state index is 0.281. The van der Waals surface area contributed by atoms with Crippen molar-refractivity contribution < 1.29 is 5.11 Å². The summed E-state index contributed by atoms with van der Waals surface area (Å²) in [5.41, 5.74) is 2.68. The molecule has 2 aromatic rings. The number of aliphatic hydroxyl groups is 1. The van der Waals surface area contributed by atoms with E-state index in [2.05, 4.69) is 59.9 Å². The average molecular weight is 281 g/mol. The van der Waals surface area contributed by atoms with E-state index in [9.17, 15) is 5.11 Å². The van der Waals surface area contributed by atoms with E-state index in [0.29, 0.717) is 17.9 Å². The van der Waals surface area contributed by atoms with Gasteiger partial charge in [-0.2, -0.15) is 0 Å². The Labute approximate surface area is 126 Å². The summed E-state index contributed by atoms with van der Waals surface area (Å²) in [6, 6.07) is 21.6. The van der Waals surface area contributed by atoms with Crippen LogP contribution in [0.4, 0.5) is 0 Å². The molecule has 0 bridgehead atoms. The molecular formula is C19H23NO. The van der Waals surface area contributed by atoms with Gasteiger partial charge in [-0.15, -0.1) is 0 Å². The van der Waals surface area contributed by atoms with Gasteiger partial charge in [0.1, 0.15) is 0 Å². The fourth-order valence-electron chi connectivity index (χ4n) is 3.46. The summed E-state index contributed by atoms with van der Waals surface area (Å²) in [6.07, 6.45) is 2.17. The molecule has 3 atom stereocenters. The molecule has 0 saturated heterocycles. The molecule has 1 aliphatic rings. The quantitative estimate of drug-likeness (QED) is 0.881. The number of aliphatic hydroxyl groups excluding tert-OH is 1. The predicted molar refractivity (Wildman–Crippen MR) is 86.1 cm³/mol. The molecule has 3 rings (SSSR count). The third kappa shape index (κ3) is 3.52. The van der Waals surface area contributed by atoms with Crippen LogP contribution in [0.15, 0.2) is 60.7 Å². The van der Waals surface area contributed by atoms with Crippen LogP contribution in [-0.4, -0.2) is 17.8 Å². The molecule has 0 spiro atoms. The van der Waals surface area contributed by atoms with Crippen molar-refractivity contribution in [3.8, 4) is 0 Å². The lowest BCUT2D eigenvalue weighted by Crippen LogP contribution is -2.26. The van der Waals surface area contributed by atoms with Crippen molar-refractivity contribution in [1.82, 2.24) is 5.32 Å². The zero-order valence-electron chi connectivity index (χ0n) is 12.3. The van der Waals surface area contributed by atoms with Gasteiger partial charge in [-0.1, -0.05) is 60.7 Å². The van der Waals surface area contributed by atoms with Crippen LogP contribution in [-0.2, 0) is 6.54 Å². The number of benzene rings is 2. The van der Waals surface area contributed by atoms with Crippen molar-refractivity contribution in [2.24, 2.45) is 5.92 Å². The van der Waals surface area contributed by atoms with Gasteiger partial charge in [0.2, 0.25) is 0 Å². The number of hydrogen-bond donors (Lipinski definition) is 2. The van der Waals surface area contributed by atoms with Crippen molar-refractivity contribution >= 4 is 0 Å². The third-order valence-electron chi connectivity index (χ3n) is 4.59. The van der Waals surface area contributed by atoms with Crippen LogP contribution in [0.25, 0.3) is 0 Å². The Morgan fingerprint density at radius 2 is 1.57 bits per heavy atom. The SMILES string of the molecule is OC[C@H]1C[C@@H](NCc2ccccc2)C[C@@H]1c1ccccc1. The summed E-state index contributed by atoms with van der Waals surface area (Å²) in [7, 11) is 0. The Morgan fingerprint density at radius 3 is 2.24 bits per heavy atom. The molecule has 110 valence electrons. The molecule has 0 amide bonds. The largest absolute Gasteiger partial charge is 0.396 e. The van der Waals surface area contributed by atoms with Gasteiger partial charge in [0.05, 0.1) is 0 Å². The molecule has 1 saturated carbocycles. The number of hydrogen-bond acceptors (Lipinski definition) is 2. The van der Waals surface area contributed by atoms with E-state index in [-0.39, 0.29) is 6.61 Å². The standard InChI is InChI=1S/C19H23NO/c21-14-17-11-18(20-13-15-7-3-1-4-8-15)12-19(17)16-9-5-2-6-10-16/h1-10,17-21H,11-14H2/t17-,18-,19-/m1/s1. The summed E-state index contributed by atoms with van der Waals surface area (Å²) < 4.78 is 0. The third-order valence-corrected chi connectivity index (χ3v) is 4.59. The average Bonchev–Trinajstić information content (AvgIpc) is 2.98. The highest BCUT2D eigenvalue weighted by Gasteiger charge is 2.34. The number of rotatable bonds is 5.